The topological polar surface area (TPSA) is 64.6 Å². The van der Waals surface area contributed by atoms with Crippen LogP contribution >= 0.6 is 15.9 Å². The summed E-state index contributed by atoms with van der Waals surface area (Å²) in [5.74, 6) is 0.445. The Bertz CT molecular complexity index is 798. The molecule has 5 nitrogen and oxygen atoms in total. The Hall–Kier alpha value is -2.18. The second-order valence-corrected chi connectivity index (χ2v) is 7.03. The lowest BCUT2D eigenvalue weighted by Gasteiger charge is -2.13. The number of anilines is 1. The lowest BCUT2D eigenvalue weighted by atomic mass is 10.1. The summed E-state index contributed by atoms with van der Waals surface area (Å²) in [5.41, 5.74) is 1.75. The average Bonchev–Trinajstić information content (AvgIpc) is 3.14. The Morgan fingerprint density at radius 3 is 2.54 bits per heavy atom. The van der Waals surface area contributed by atoms with Gasteiger partial charge < -0.3 is 14.8 Å². The second-order valence-electron chi connectivity index (χ2n) is 6.18. The van der Waals surface area contributed by atoms with E-state index < -0.39 is 0 Å². The smallest absolute Gasteiger partial charge is 0.255 e. The second kappa shape index (κ2) is 8.47. The van der Waals surface area contributed by atoms with Crippen molar-refractivity contribution in [2.75, 3.05) is 18.5 Å². The Morgan fingerprint density at radius 1 is 1.19 bits per heavy atom. The number of rotatable bonds is 6. The first-order valence-electron chi connectivity index (χ1n) is 8.49. The number of nitrogens with one attached hydrogen (secondary N) is 1. The number of ketones is 1. The van der Waals surface area contributed by atoms with Crippen molar-refractivity contribution in [2.45, 2.75) is 25.9 Å². The molecule has 0 bridgehead atoms. The first kappa shape index (κ1) is 18.6. The molecule has 1 unspecified atom stereocenters. The van der Waals surface area contributed by atoms with Gasteiger partial charge in [0.05, 0.1) is 10.6 Å². The van der Waals surface area contributed by atoms with Gasteiger partial charge in [0, 0.05) is 23.4 Å². The third-order valence-corrected chi connectivity index (χ3v) is 4.81. The van der Waals surface area contributed by atoms with E-state index in [4.69, 9.17) is 9.47 Å². The van der Waals surface area contributed by atoms with E-state index in [2.05, 4.69) is 21.2 Å². The lowest BCUT2D eigenvalue weighted by molar-refractivity contribution is 0.0677. The fourth-order valence-corrected chi connectivity index (χ4v) is 3.20. The van der Waals surface area contributed by atoms with Gasteiger partial charge in [-0.3, -0.25) is 9.59 Å². The maximum absolute atomic E-state index is 12.4. The average molecular weight is 418 g/mol. The van der Waals surface area contributed by atoms with Crippen molar-refractivity contribution >= 4 is 33.3 Å². The molecular formula is C20H20BrNO4. The summed E-state index contributed by atoms with van der Waals surface area (Å²) in [6.45, 7) is 2.81. The van der Waals surface area contributed by atoms with Crippen molar-refractivity contribution in [3.8, 4) is 5.75 Å². The Kier molecular flexibility index (Phi) is 6.06. The minimum atomic E-state index is -0.230. The Balaban J connectivity index is 1.61. The highest BCUT2D eigenvalue weighted by molar-refractivity contribution is 9.10. The largest absolute Gasteiger partial charge is 0.490 e. The highest BCUT2D eigenvalue weighted by Gasteiger charge is 2.17. The summed E-state index contributed by atoms with van der Waals surface area (Å²) >= 11 is 3.45. The summed E-state index contributed by atoms with van der Waals surface area (Å²) in [6.07, 6.45) is 2.23. The molecule has 0 saturated carbocycles. The van der Waals surface area contributed by atoms with E-state index in [0.717, 1.165) is 23.9 Å². The number of ether oxygens (including phenoxy) is 2. The van der Waals surface area contributed by atoms with Gasteiger partial charge in [0.1, 0.15) is 12.4 Å². The molecule has 1 amide bonds. The van der Waals surface area contributed by atoms with E-state index in [1.165, 1.54) is 6.92 Å². The van der Waals surface area contributed by atoms with Gasteiger partial charge in [-0.15, -0.1) is 0 Å². The molecule has 1 aliphatic heterocycles. The van der Waals surface area contributed by atoms with Crippen molar-refractivity contribution in [3.63, 3.8) is 0 Å². The molecule has 0 radical (unpaired) electrons. The molecular weight excluding hydrogens is 398 g/mol. The third kappa shape index (κ3) is 4.71. The molecule has 3 rings (SSSR count). The van der Waals surface area contributed by atoms with Crippen LogP contribution in [0.3, 0.4) is 0 Å². The minimum absolute atomic E-state index is 0.00889. The number of hydrogen-bond donors (Lipinski definition) is 1. The zero-order valence-electron chi connectivity index (χ0n) is 14.5. The van der Waals surface area contributed by atoms with E-state index in [0.29, 0.717) is 29.2 Å². The number of hydrogen-bond acceptors (Lipinski definition) is 4. The van der Waals surface area contributed by atoms with Gasteiger partial charge >= 0.3 is 0 Å². The van der Waals surface area contributed by atoms with Gasteiger partial charge in [-0.2, -0.15) is 0 Å². The van der Waals surface area contributed by atoms with Crippen LogP contribution in [0.1, 0.15) is 40.5 Å². The third-order valence-electron chi connectivity index (χ3n) is 4.19. The molecule has 0 spiro atoms. The van der Waals surface area contributed by atoms with Gasteiger partial charge in [-0.25, -0.2) is 0 Å². The van der Waals surface area contributed by atoms with Crippen molar-refractivity contribution in [1.82, 2.24) is 0 Å². The minimum Gasteiger partial charge on any atom is -0.490 e. The van der Waals surface area contributed by atoms with E-state index >= 15 is 0 Å². The molecule has 1 saturated heterocycles. The van der Waals surface area contributed by atoms with E-state index in [-0.39, 0.29) is 17.8 Å². The first-order chi connectivity index (χ1) is 12.5. The zero-order valence-corrected chi connectivity index (χ0v) is 16.0. The van der Waals surface area contributed by atoms with Gasteiger partial charge in [0.25, 0.3) is 5.91 Å². The summed E-state index contributed by atoms with van der Waals surface area (Å²) in [4.78, 5) is 23.7. The molecule has 1 N–H and O–H groups in total. The van der Waals surface area contributed by atoms with Crippen LogP contribution in [0.4, 0.5) is 5.69 Å². The molecule has 1 aliphatic rings. The van der Waals surface area contributed by atoms with Gasteiger partial charge in [0.15, 0.2) is 5.78 Å². The first-order valence-corrected chi connectivity index (χ1v) is 9.28. The highest BCUT2D eigenvalue weighted by Crippen LogP contribution is 2.27. The van der Waals surface area contributed by atoms with Crippen LogP contribution in [0.5, 0.6) is 5.75 Å². The molecule has 1 heterocycles. The van der Waals surface area contributed by atoms with E-state index in [1.54, 1.807) is 42.5 Å². The van der Waals surface area contributed by atoms with Crippen LogP contribution in [0.25, 0.3) is 0 Å². The van der Waals surface area contributed by atoms with Crippen LogP contribution in [-0.4, -0.2) is 31.0 Å². The summed E-state index contributed by atoms with van der Waals surface area (Å²) in [6, 6.07) is 12.0. The fourth-order valence-electron chi connectivity index (χ4n) is 2.71. The van der Waals surface area contributed by atoms with Crippen molar-refractivity contribution < 1.29 is 19.1 Å². The predicted molar refractivity (Wildman–Crippen MR) is 103 cm³/mol. The molecule has 0 aromatic heterocycles. The Labute approximate surface area is 160 Å². The fraction of sp³-hybridized carbons (Fsp3) is 0.300. The number of carbonyl (C=O) groups excluding carboxylic acids is 2. The zero-order chi connectivity index (χ0) is 18.5. The molecule has 1 atom stereocenters. The van der Waals surface area contributed by atoms with Gasteiger partial charge in [-0.05, 0) is 78.2 Å². The molecule has 2 aromatic rings. The van der Waals surface area contributed by atoms with Crippen LogP contribution in [0, 0.1) is 0 Å². The number of amides is 1. The van der Waals surface area contributed by atoms with Crippen LogP contribution in [0.2, 0.25) is 0 Å². The standard InChI is InChI=1S/C20H20BrNO4/c1-13(23)14-4-7-16(8-5-14)22-20(24)15-6-9-19(18(21)11-15)26-12-17-3-2-10-25-17/h4-9,11,17H,2-3,10,12H2,1H3,(H,22,24). The number of halogens is 1. The molecule has 0 aliphatic carbocycles. The molecule has 6 heteroatoms. The van der Waals surface area contributed by atoms with Crippen molar-refractivity contribution in [2.24, 2.45) is 0 Å². The van der Waals surface area contributed by atoms with Gasteiger partial charge in [0.2, 0.25) is 0 Å². The normalized spacial score (nSPS) is 16.3. The quantitative estimate of drug-likeness (QED) is 0.704. The summed E-state index contributed by atoms with van der Waals surface area (Å²) in [5, 5.41) is 2.82. The van der Waals surface area contributed by atoms with E-state index in [1.807, 2.05) is 0 Å². The monoisotopic (exact) mass is 417 g/mol. The van der Waals surface area contributed by atoms with Crippen LogP contribution in [0.15, 0.2) is 46.9 Å². The van der Waals surface area contributed by atoms with Crippen molar-refractivity contribution in [3.05, 3.63) is 58.1 Å². The molecule has 26 heavy (non-hydrogen) atoms. The highest BCUT2D eigenvalue weighted by atomic mass is 79.9. The summed E-state index contributed by atoms with van der Waals surface area (Å²) in [7, 11) is 0. The Morgan fingerprint density at radius 2 is 1.92 bits per heavy atom. The maximum Gasteiger partial charge on any atom is 0.255 e. The summed E-state index contributed by atoms with van der Waals surface area (Å²) < 4.78 is 12.0. The number of Topliss-reactive ketones (excluding diaryl/α,β-unsaturated/α-hetero) is 1. The lowest BCUT2D eigenvalue weighted by Crippen LogP contribution is -2.16. The molecule has 1 fully saturated rings. The van der Waals surface area contributed by atoms with E-state index in [9.17, 15) is 9.59 Å². The number of benzene rings is 2. The SMILES string of the molecule is CC(=O)c1ccc(NC(=O)c2ccc(OCC3CCCO3)c(Br)c2)cc1. The number of carbonyl (C=O) groups is 2. The predicted octanol–water partition coefficient (Wildman–Crippen LogP) is 4.46. The van der Waals surface area contributed by atoms with Crippen molar-refractivity contribution in [1.29, 1.82) is 0 Å². The van der Waals surface area contributed by atoms with Crippen LogP contribution in [-0.2, 0) is 4.74 Å². The van der Waals surface area contributed by atoms with Crippen LogP contribution < -0.4 is 10.1 Å². The maximum atomic E-state index is 12.4. The van der Waals surface area contributed by atoms with Gasteiger partial charge in [-0.1, -0.05) is 0 Å². The molecule has 2 aromatic carbocycles. The molecule has 136 valence electrons.